The van der Waals surface area contributed by atoms with Gasteiger partial charge >= 0.3 is 0 Å². The molecule has 3 atom stereocenters. The van der Waals surface area contributed by atoms with Crippen LogP contribution >= 0.6 is 0 Å². The van der Waals surface area contributed by atoms with Gasteiger partial charge in [0.25, 0.3) is 0 Å². The first-order chi connectivity index (χ1) is 16.5. The van der Waals surface area contributed by atoms with Crippen LogP contribution in [-0.4, -0.2) is 59.3 Å². The number of aromatic hydroxyl groups is 1. The van der Waals surface area contributed by atoms with Crippen LogP contribution in [0.5, 0.6) is 5.75 Å². The molecule has 0 spiro atoms. The first kappa shape index (κ1) is 29.1. The van der Waals surface area contributed by atoms with E-state index in [1.165, 1.54) is 31.2 Å². The average molecular weight is 491 g/mol. The van der Waals surface area contributed by atoms with E-state index in [-0.39, 0.29) is 18.6 Å². The summed E-state index contributed by atoms with van der Waals surface area (Å²) in [5.41, 5.74) is 16.7. The van der Waals surface area contributed by atoms with Gasteiger partial charge in [-0.05, 0) is 62.9 Å². The van der Waals surface area contributed by atoms with Crippen molar-refractivity contribution in [3.63, 3.8) is 0 Å². The van der Waals surface area contributed by atoms with E-state index in [2.05, 4.69) is 16.0 Å². The van der Waals surface area contributed by atoms with Crippen molar-refractivity contribution in [2.24, 2.45) is 17.2 Å². The summed E-state index contributed by atoms with van der Waals surface area (Å²) in [6.45, 7) is 1.87. The number of hydrogen-bond donors (Lipinski definition) is 7. The van der Waals surface area contributed by atoms with E-state index in [1.807, 2.05) is 0 Å². The zero-order valence-corrected chi connectivity index (χ0v) is 19.7. The SMILES string of the molecule is CC(NC(=O)/C=C/c1ccc(O)cc1)C(=O)N[C@@H](CCC(=O)NC(CCCCN)C(N)=O)C(N)=O. The fourth-order valence-corrected chi connectivity index (χ4v) is 2.99. The monoisotopic (exact) mass is 490 g/mol. The molecule has 0 heterocycles. The van der Waals surface area contributed by atoms with Crippen molar-refractivity contribution in [2.75, 3.05) is 6.54 Å². The van der Waals surface area contributed by atoms with E-state index >= 15 is 0 Å². The number of phenolic OH excluding ortho intramolecular Hbond substituents is 1. The van der Waals surface area contributed by atoms with E-state index in [1.54, 1.807) is 12.1 Å². The lowest BCUT2D eigenvalue weighted by molar-refractivity contribution is -0.131. The van der Waals surface area contributed by atoms with Crippen molar-refractivity contribution < 1.29 is 29.1 Å². The summed E-state index contributed by atoms with van der Waals surface area (Å²) in [7, 11) is 0. The summed E-state index contributed by atoms with van der Waals surface area (Å²) < 4.78 is 0. The van der Waals surface area contributed by atoms with Gasteiger partial charge in [0, 0.05) is 12.5 Å². The molecular formula is C23H34N6O6. The molecule has 0 aliphatic rings. The molecule has 1 rings (SSSR count). The first-order valence-electron chi connectivity index (χ1n) is 11.2. The van der Waals surface area contributed by atoms with Gasteiger partial charge in [0.2, 0.25) is 29.5 Å². The summed E-state index contributed by atoms with van der Waals surface area (Å²) in [5, 5.41) is 16.6. The number of primary amides is 2. The zero-order chi connectivity index (χ0) is 26.4. The molecule has 1 aromatic carbocycles. The molecular weight excluding hydrogens is 456 g/mol. The van der Waals surface area contributed by atoms with Crippen molar-refractivity contribution in [1.29, 1.82) is 0 Å². The van der Waals surface area contributed by atoms with Crippen LogP contribution in [0.4, 0.5) is 0 Å². The number of rotatable bonds is 15. The Labute approximate surface area is 203 Å². The average Bonchev–Trinajstić information content (AvgIpc) is 2.80. The Morgan fingerprint density at radius 1 is 0.914 bits per heavy atom. The normalized spacial score (nSPS) is 13.4. The van der Waals surface area contributed by atoms with Crippen molar-refractivity contribution in [2.45, 2.75) is 57.2 Å². The van der Waals surface area contributed by atoms with Gasteiger partial charge in [-0.1, -0.05) is 12.1 Å². The van der Waals surface area contributed by atoms with Gasteiger partial charge in [-0.15, -0.1) is 0 Å². The summed E-state index contributed by atoms with van der Waals surface area (Å²) in [6.07, 6.45) is 4.04. The second-order valence-corrected chi connectivity index (χ2v) is 7.96. The summed E-state index contributed by atoms with van der Waals surface area (Å²) in [4.78, 5) is 60.0. The molecule has 5 amide bonds. The van der Waals surface area contributed by atoms with Crippen LogP contribution in [-0.2, 0) is 24.0 Å². The molecule has 0 fully saturated rings. The molecule has 35 heavy (non-hydrogen) atoms. The number of phenols is 1. The van der Waals surface area contributed by atoms with Gasteiger partial charge < -0.3 is 38.3 Å². The maximum absolute atomic E-state index is 12.4. The third-order valence-electron chi connectivity index (χ3n) is 5.02. The fourth-order valence-electron chi connectivity index (χ4n) is 2.99. The Kier molecular flexibility index (Phi) is 12.5. The molecule has 0 radical (unpaired) electrons. The lowest BCUT2D eigenvalue weighted by atomic mass is 10.1. The predicted molar refractivity (Wildman–Crippen MR) is 129 cm³/mol. The van der Waals surface area contributed by atoms with Crippen molar-refractivity contribution in [1.82, 2.24) is 16.0 Å². The second kappa shape index (κ2) is 15.1. The molecule has 192 valence electrons. The Bertz CT molecular complexity index is 918. The highest BCUT2D eigenvalue weighted by Gasteiger charge is 2.24. The number of benzene rings is 1. The number of carbonyl (C=O) groups is 5. The zero-order valence-electron chi connectivity index (χ0n) is 19.7. The molecule has 0 aliphatic heterocycles. The van der Waals surface area contributed by atoms with Crippen LogP contribution in [0.2, 0.25) is 0 Å². The topological polar surface area (TPSA) is 220 Å². The number of unbranched alkanes of at least 4 members (excludes halogenated alkanes) is 1. The molecule has 0 saturated heterocycles. The second-order valence-electron chi connectivity index (χ2n) is 7.96. The number of nitrogens with one attached hydrogen (secondary N) is 3. The van der Waals surface area contributed by atoms with E-state index in [4.69, 9.17) is 17.2 Å². The van der Waals surface area contributed by atoms with E-state index in [0.29, 0.717) is 31.4 Å². The smallest absolute Gasteiger partial charge is 0.244 e. The third kappa shape index (κ3) is 11.7. The standard InChI is InChI=1S/C23H34N6O6/c1-14(27-19(31)11-7-15-5-8-16(30)9-6-15)23(35)29-18(22(26)34)10-12-20(32)28-17(21(25)33)4-2-3-13-24/h5-9,11,14,17-18,30H,2-4,10,12-13,24H2,1H3,(H2,25,33)(H2,26,34)(H,27,31)(H,28,32)(H,29,35)/b11-7+/t14?,17?,18-/m0/s1. The molecule has 0 aromatic heterocycles. The van der Waals surface area contributed by atoms with Crippen molar-refractivity contribution in [3.8, 4) is 5.75 Å². The summed E-state index contributed by atoms with van der Waals surface area (Å²) in [5.74, 6) is -3.19. The first-order valence-corrected chi connectivity index (χ1v) is 11.2. The Hall–Kier alpha value is -3.93. The lowest BCUT2D eigenvalue weighted by Crippen LogP contribution is -2.52. The maximum Gasteiger partial charge on any atom is 0.244 e. The largest absolute Gasteiger partial charge is 0.508 e. The maximum atomic E-state index is 12.4. The van der Waals surface area contributed by atoms with Crippen LogP contribution < -0.4 is 33.2 Å². The minimum absolute atomic E-state index is 0.0913. The van der Waals surface area contributed by atoms with E-state index in [9.17, 15) is 29.1 Å². The minimum Gasteiger partial charge on any atom is -0.508 e. The number of nitrogens with two attached hydrogens (primary N) is 3. The fraction of sp³-hybridized carbons (Fsp3) is 0.435. The van der Waals surface area contributed by atoms with Gasteiger partial charge in [0.15, 0.2) is 0 Å². The molecule has 2 unspecified atom stereocenters. The van der Waals surface area contributed by atoms with Gasteiger partial charge in [-0.3, -0.25) is 24.0 Å². The number of hydrogen-bond acceptors (Lipinski definition) is 7. The molecule has 0 aliphatic carbocycles. The van der Waals surface area contributed by atoms with Crippen LogP contribution in [0, 0.1) is 0 Å². The van der Waals surface area contributed by atoms with Gasteiger partial charge in [0.05, 0.1) is 0 Å². The number of carbonyl (C=O) groups excluding carboxylic acids is 5. The predicted octanol–water partition coefficient (Wildman–Crippen LogP) is -1.24. The lowest BCUT2D eigenvalue weighted by Gasteiger charge is -2.20. The molecule has 10 N–H and O–H groups in total. The Balaban J connectivity index is 2.56. The molecule has 0 saturated carbocycles. The third-order valence-corrected chi connectivity index (χ3v) is 5.02. The summed E-state index contributed by atoms with van der Waals surface area (Å²) >= 11 is 0. The molecule has 12 heteroatoms. The van der Waals surface area contributed by atoms with Crippen molar-refractivity contribution >= 4 is 35.6 Å². The number of amides is 5. The van der Waals surface area contributed by atoms with Gasteiger partial charge in [-0.25, -0.2) is 0 Å². The van der Waals surface area contributed by atoms with Crippen LogP contribution in [0.15, 0.2) is 30.3 Å². The minimum atomic E-state index is -1.16. The molecule has 12 nitrogen and oxygen atoms in total. The van der Waals surface area contributed by atoms with E-state index in [0.717, 1.165) is 0 Å². The van der Waals surface area contributed by atoms with Gasteiger partial charge in [-0.2, -0.15) is 0 Å². The Morgan fingerprint density at radius 2 is 1.51 bits per heavy atom. The van der Waals surface area contributed by atoms with Crippen LogP contribution in [0.1, 0.15) is 44.6 Å². The van der Waals surface area contributed by atoms with Crippen molar-refractivity contribution in [3.05, 3.63) is 35.9 Å². The molecule has 0 bridgehead atoms. The highest BCUT2D eigenvalue weighted by molar-refractivity contribution is 5.96. The summed E-state index contributed by atoms with van der Waals surface area (Å²) in [6, 6.07) is 3.12. The Morgan fingerprint density at radius 3 is 2.09 bits per heavy atom. The van der Waals surface area contributed by atoms with Crippen LogP contribution in [0.3, 0.4) is 0 Å². The quantitative estimate of drug-likeness (QED) is 0.117. The van der Waals surface area contributed by atoms with Crippen LogP contribution in [0.25, 0.3) is 6.08 Å². The highest BCUT2D eigenvalue weighted by atomic mass is 16.3. The van der Waals surface area contributed by atoms with Gasteiger partial charge in [0.1, 0.15) is 23.9 Å². The van der Waals surface area contributed by atoms with E-state index < -0.39 is 47.7 Å². The molecule has 1 aromatic rings. The highest BCUT2D eigenvalue weighted by Crippen LogP contribution is 2.10.